The van der Waals surface area contributed by atoms with Crippen LogP contribution in [-0.4, -0.2) is 26.2 Å². The molecule has 0 aliphatic carbocycles. The summed E-state index contributed by atoms with van der Waals surface area (Å²) in [6, 6.07) is 14.8. The zero-order chi connectivity index (χ0) is 18.7. The Balaban J connectivity index is 1.75. The van der Waals surface area contributed by atoms with Crippen molar-refractivity contribution < 1.29 is 8.42 Å². The van der Waals surface area contributed by atoms with Gasteiger partial charge in [0.2, 0.25) is 5.95 Å². The third-order valence-electron chi connectivity index (χ3n) is 3.54. The van der Waals surface area contributed by atoms with Crippen LogP contribution in [0.1, 0.15) is 11.4 Å². The first kappa shape index (κ1) is 17.9. The molecular weight excluding hydrogens is 347 g/mol. The molecule has 2 N–H and O–H groups in total. The molecule has 0 aliphatic heterocycles. The summed E-state index contributed by atoms with van der Waals surface area (Å²) in [7, 11) is 1.96. The van der Waals surface area contributed by atoms with Crippen molar-refractivity contribution in [2.75, 3.05) is 10.0 Å². The lowest BCUT2D eigenvalue weighted by Gasteiger charge is -2.10. The highest BCUT2D eigenvalue weighted by Crippen LogP contribution is 2.20. The van der Waals surface area contributed by atoms with Gasteiger partial charge in [0.25, 0.3) is 10.0 Å². The summed E-state index contributed by atoms with van der Waals surface area (Å²) >= 11 is 0. The summed E-state index contributed by atoms with van der Waals surface area (Å²) in [6.07, 6.45) is 0. The summed E-state index contributed by atoms with van der Waals surface area (Å²) in [5.41, 5.74) is 3.32. The van der Waals surface area contributed by atoms with Crippen LogP contribution < -0.4 is 15.5 Å². The number of nitrogens with one attached hydrogen (secondary N) is 2. The second kappa shape index (κ2) is 7.17. The molecule has 0 amide bonds. The summed E-state index contributed by atoms with van der Waals surface area (Å²) < 4.78 is 27.3. The molecule has 0 aliphatic rings. The Bertz CT molecular complexity index is 1020. The van der Waals surface area contributed by atoms with Crippen LogP contribution in [0.4, 0.5) is 17.3 Å². The fourth-order valence-electron chi connectivity index (χ4n) is 2.43. The minimum atomic E-state index is -3.69. The van der Waals surface area contributed by atoms with Crippen molar-refractivity contribution in [3.63, 3.8) is 0 Å². The number of benzene rings is 2. The topological polar surface area (TPSA) is 84.0 Å². The lowest BCUT2D eigenvalue weighted by Crippen LogP contribution is -2.15. The number of aryl methyl sites for hydroxylation is 2. The van der Waals surface area contributed by atoms with E-state index < -0.39 is 10.0 Å². The zero-order valence-electron chi connectivity index (χ0n) is 14.4. The van der Waals surface area contributed by atoms with E-state index in [9.17, 15) is 8.42 Å². The van der Waals surface area contributed by atoms with Crippen LogP contribution in [0.25, 0.3) is 0 Å². The van der Waals surface area contributed by atoms with Crippen LogP contribution in [0, 0.1) is 13.8 Å². The van der Waals surface area contributed by atoms with E-state index in [-0.39, 0.29) is 4.90 Å². The minimum Gasteiger partial charge on any atom is -0.324 e. The van der Waals surface area contributed by atoms with Gasteiger partial charge in [-0.05, 0) is 56.3 Å². The molecule has 130 valence electrons. The number of hydrogen-bond donors (Lipinski definition) is 2. The molecule has 1 aromatic heterocycles. The number of aromatic nitrogens is 2. The number of hydrogen-bond acceptors (Lipinski definition) is 5. The van der Waals surface area contributed by atoms with Gasteiger partial charge in [-0.3, -0.25) is 4.72 Å². The Morgan fingerprint density at radius 2 is 1.50 bits per heavy atom. The summed E-state index contributed by atoms with van der Waals surface area (Å²) in [5, 5.41) is 3.10. The van der Waals surface area contributed by atoms with E-state index in [1.54, 1.807) is 36.4 Å². The second-order valence-corrected chi connectivity index (χ2v) is 7.54. The van der Waals surface area contributed by atoms with Gasteiger partial charge in [-0.25, -0.2) is 18.4 Å². The summed E-state index contributed by atoms with van der Waals surface area (Å²) in [4.78, 5) is 8.74. The SMILES string of the molecule is [B]c1cccc(S(=O)(=O)Nc2ccc(Nc3nc(C)cc(C)n3)cc2)c1. The molecule has 0 saturated carbocycles. The first-order chi connectivity index (χ1) is 12.3. The van der Waals surface area contributed by atoms with Gasteiger partial charge in [0.05, 0.1) is 4.90 Å². The van der Waals surface area contributed by atoms with Gasteiger partial charge in [0.15, 0.2) is 0 Å². The molecule has 0 saturated heterocycles. The molecular formula is C18H17BN4O2S. The third kappa shape index (κ3) is 4.40. The Kier molecular flexibility index (Phi) is 4.95. The van der Waals surface area contributed by atoms with Gasteiger partial charge in [-0.1, -0.05) is 17.6 Å². The summed E-state index contributed by atoms with van der Waals surface area (Å²) in [6.45, 7) is 3.79. The van der Waals surface area contributed by atoms with E-state index in [1.807, 2.05) is 19.9 Å². The van der Waals surface area contributed by atoms with Crippen LogP contribution in [0.15, 0.2) is 59.5 Å². The Hall–Kier alpha value is -2.87. The number of anilines is 3. The molecule has 3 rings (SSSR count). The highest BCUT2D eigenvalue weighted by atomic mass is 32.2. The van der Waals surface area contributed by atoms with Crippen molar-refractivity contribution in [3.8, 4) is 0 Å². The van der Waals surface area contributed by atoms with Crippen molar-refractivity contribution in [3.05, 3.63) is 66.0 Å². The Morgan fingerprint density at radius 3 is 2.12 bits per heavy atom. The Morgan fingerprint density at radius 1 is 0.885 bits per heavy atom. The zero-order valence-corrected chi connectivity index (χ0v) is 15.2. The van der Waals surface area contributed by atoms with Crippen molar-refractivity contribution >= 4 is 40.7 Å². The molecule has 1 heterocycles. The minimum absolute atomic E-state index is 0.114. The van der Waals surface area contributed by atoms with Crippen molar-refractivity contribution in [1.29, 1.82) is 0 Å². The van der Waals surface area contributed by atoms with Crippen molar-refractivity contribution in [2.24, 2.45) is 0 Å². The predicted molar refractivity (Wildman–Crippen MR) is 104 cm³/mol. The van der Waals surface area contributed by atoms with Crippen LogP contribution in [0.3, 0.4) is 0 Å². The fraction of sp³-hybridized carbons (Fsp3) is 0.111. The van der Waals surface area contributed by atoms with Crippen LogP contribution in [0.2, 0.25) is 0 Å². The normalized spacial score (nSPS) is 11.2. The van der Waals surface area contributed by atoms with Gasteiger partial charge in [-0.2, -0.15) is 0 Å². The van der Waals surface area contributed by atoms with Crippen molar-refractivity contribution in [2.45, 2.75) is 18.7 Å². The van der Waals surface area contributed by atoms with E-state index >= 15 is 0 Å². The van der Waals surface area contributed by atoms with E-state index in [4.69, 9.17) is 7.85 Å². The molecule has 0 bridgehead atoms. The lowest BCUT2D eigenvalue weighted by atomic mass is 9.97. The van der Waals surface area contributed by atoms with E-state index in [2.05, 4.69) is 20.0 Å². The maximum Gasteiger partial charge on any atom is 0.261 e. The van der Waals surface area contributed by atoms with Gasteiger partial charge in [-0.15, -0.1) is 0 Å². The molecule has 6 nitrogen and oxygen atoms in total. The molecule has 0 unspecified atom stereocenters. The van der Waals surface area contributed by atoms with Crippen molar-refractivity contribution in [1.82, 2.24) is 9.97 Å². The first-order valence-electron chi connectivity index (χ1n) is 7.89. The highest BCUT2D eigenvalue weighted by Gasteiger charge is 2.14. The molecule has 0 atom stereocenters. The van der Waals surface area contributed by atoms with E-state index in [1.165, 1.54) is 12.1 Å². The van der Waals surface area contributed by atoms with Crippen LogP contribution >= 0.6 is 0 Å². The largest absolute Gasteiger partial charge is 0.324 e. The maximum atomic E-state index is 12.4. The average molecular weight is 364 g/mol. The summed E-state index contributed by atoms with van der Waals surface area (Å²) in [5.74, 6) is 0.496. The highest BCUT2D eigenvalue weighted by molar-refractivity contribution is 7.92. The second-order valence-electron chi connectivity index (χ2n) is 5.85. The molecule has 0 spiro atoms. The number of sulfonamides is 1. The molecule has 2 radical (unpaired) electrons. The van der Waals surface area contributed by atoms with Crippen LogP contribution in [0.5, 0.6) is 0 Å². The standard InChI is InChI=1S/C18H17BN4O2S/c1-12-10-13(2)21-18(20-12)22-15-6-8-16(9-7-15)23-26(24,25)17-5-3-4-14(19)11-17/h3-11,23H,1-2H3,(H,20,21,22). The first-order valence-corrected chi connectivity index (χ1v) is 9.38. The predicted octanol–water partition coefficient (Wildman–Crippen LogP) is 2.43. The third-order valence-corrected chi connectivity index (χ3v) is 4.92. The van der Waals surface area contributed by atoms with E-state index in [0.29, 0.717) is 17.1 Å². The van der Waals surface area contributed by atoms with E-state index in [0.717, 1.165) is 17.1 Å². The quantitative estimate of drug-likeness (QED) is 0.680. The average Bonchev–Trinajstić information content (AvgIpc) is 2.55. The van der Waals surface area contributed by atoms with Gasteiger partial charge >= 0.3 is 0 Å². The number of rotatable bonds is 5. The molecule has 26 heavy (non-hydrogen) atoms. The number of nitrogens with zero attached hydrogens (tertiary/aromatic N) is 2. The van der Waals surface area contributed by atoms with Gasteiger partial charge in [0, 0.05) is 22.8 Å². The smallest absolute Gasteiger partial charge is 0.261 e. The van der Waals surface area contributed by atoms with Gasteiger partial charge < -0.3 is 5.32 Å². The molecule has 2 aromatic carbocycles. The molecule has 3 aromatic rings. The Labute approximate surface area is 154 Å². The molecule has 0 fully saturated rings. The molecule has 8 heteroatoms. The van der Waals surface area contributed by atoms with Crippen LogP contribution in [-0.2, 0) is 10.0 Å². The fourth-order valence-corrected chi connectivity index (χ4v) is 3.54. The monoisotopic (exact) mass is 364 g/mol. The lowest BCUT2D eigenvalue weighted by molar-refractivity contribution is 0.601. The van der Waals surface area contributed by atoms with Gasteiger partial charge in [0.1, 0.15) is 7.85 Å². The maximum absolute atomic E-state index is 12.4.